The van der Waals surface area contributed by atoms with Gasteiger partial charge in [0.25, 0.3) is 5.56 Å². The number of nitrogens with zero attached hydrogens (tertiary/aromatic N) is 1. The smallest absolute Gasteiger partial charge is 0.343 e. The third kappa shape index (κ3) is 3.92. The quantitative estimate of drug-likeness (QED) is 0.820. The molecule has 0 bridgehead atoms. The number of carbonyl (C=O) groups is 1. The number of hydrogen-bond acceptors (Lipinski definition) is 6. The molecule has 1 heterocycles. The van der Waals surface area contributed by atoms with Crippen molar-refractivity contribution < 1.29 is 19.0 Å². The van der Waals surface area contributed by atoms with Gasteiger partial charge in [0.05, 0.1) is 19.2 Å². The standard InChI is InChI=1S/C17H15ClN2O5/c1-9-4-11(12(7-19)17(22)20-9)10-5-13(18)16(14(6-10)23-2)25-8-15(21)24-3/h4-6H,8H2,1-3H3,(H,20,22). The van der Waals surface area contributed by atoms with Gasteiger partial charge in [0.1, 0.15) is 11.6 Å². The number of aromatic amines is 1. The first-order chi connectivity index (χ1) is 11.9. The van der Waals surface area contributed by atoms with Crippen molar-refractivity contribution in [3.8, 4) is 28.7 Å². The topological polar surface area (TPSA) is 101 Å². The lowest BCUT2D eigenvalue weighted by Gasteiger charge is -2.14. The summed E-state index contributed by atoms with van der Waals surface area (Å²) in [6.45, 7) is 1.37. The second-order valence-corrected chi connectivity index (χ2v) is 5.44. The van der Waals surface area contributed by atoms with Crippen LogP contribution in [0, 0.1) is 18.3 Å². The molecule has 0 saturated carbocycles. The van der Waals surface area contributed by atoms with E-state index in [1.165, 1.54) is 20.3 Å². The van der Waals surface area contributed by atoms with Crippen LogP contribution in [0.2, 0.25) is 5.02 Å². The number of aryl methyl sites for hydroxylation is 1. The third-order valence-corrected chi connectivity index (χ3v) is 3.66. The molecule has 1 N–H and O–H groups in total. The summed E-state index contributed by atoms with van der Waals surface area (Å²) in [5.41, 5.74) is 1.01. The van der Waals surface area contributed by atoms with Crippen LogP contribution >= 0.6 is 11.6 Å². The first-order valence-electron chi connectivity index (χ1n) is 7.12. The van der Waals surface area contributed by atoms with Gasteiger partial charge >= 0.3 is 5.97 Å². The van der Waals surface area contributed by atoms with E-state index in [1.54, 1.807) is 19.1 Å². The molecular weight excluding hydrogens is 348 g/mol. The largest absolute Gasteiger partial charge is 0.493 e. The van der Waals surface area contributed by atoms with Gasteiger partial charge in [-0.2, -0.15) is 5.26 Å². The minimum absolute atomic E-state index is 0.0352. The molecule has 0 radical (unpaired) electrons. The Morgan fingerprint density at radius 2 is 2.04 bits per heavy atom. The second-order valence-electron chi connectivity index (χ2n) is 5.04. The van der Waals surface area contributed by atoms with Gasteiger partial charge in [-0.1, -0.05) is 11.6 Å². The lowest BCUT2D eigenvalue weighted by atomic mass is 10.0. The number of aromatic nitrogens is 1. The van der Waals surface area contributed by atoms with E-state index in [9.17, 15) is 14.9 Å². The fourth-order valence-electron chi connectivity index (χ4n) is 2.23. The van der Waals surface area contributed by atoms with Crippen LogP contribution in [0.4, 0.5) is 0 Å². The monoisotopic (exact) mass is 362 g/mol. The summed E-state index contributed by atoms with van der Waals surface area (Å²) in [5, 5.41) is 9.43. The van der Waals surface area contributed by atoms with Crippen molar-refractivity contribution in [1.82, 2.24) is 4.98 Å². The van der Waals surface area contributed by atoms with Crippen LogP contribution in [-0.2, 0) is 9.53 Å². The fraction of sp³-hybridized carbons (Fsp3) is 0.235. The zero-order chi connectivity index (χ0) is 18.6. The molecule has 0 unspecified atom stereocenters. The van der Waals surface area contributed by atoms with Crippen molar-refractivity contribution >= 4 is 17.6 Å². The van der Waals surface area contributed by atoms with Crippen molar-refractivity contribution in [3.05, 3.63) is 44.8 Å². The van der Waals surface area contributed by atoms with E-state index in [-0.39, 0.29) is 28.7 Å². The molecule has 130 valence electrons. The maximum absolute atomic E-state index is 12.0. The van der Waals surface area contributed by atoms with Crippen molar-refractivity contribution in [1.29, 1.82) is 5.26 Å². The molecular formula is C17H15ClN2O5. The van der Waals surface area contributed by atoms with Gasteiger partial charge in [-0.25, -0.2) is 4.79 Å². The van der Waals surface area contributed by atoms with Gasteiger partial charge in [-0.3, -0.25) is 4.79 Å². The molecule has 2 rings (SSSR count). The van der Waals surface area contributed by atoms with Gasteiger partial charge in [0.15, 0.2) is 18.1 Å². The summed E-state index contributed by atoms with van der Waals surface area (Å²) in [7, 11) is 2.65. The van der Waals surface area contributed by atoms with E-state index in [1.807, 2.05) is 6.07 Å². The number of nitriles is 1. The maximum Gasteiger partial charge on any atom is 0.343 e. The highest BCUT2D eigenvalue weighted by molar-refractivity contribution is 6.32. The highest BCUT2D eigenvalue weighted by Gasteiger charge is 2.17. The van der Waals surface area contributed by atoms with Crippen LogP contribution in [0.3, 0.4) is 0 Å². The average Bonchev–Trinajstić information content (AvgIpc) is 2.59. The SMILES string of the molecule is COC(=O)COc1c(Cl)cc(-c2cc(C)[nH]c(=O)c2C#N)cc1OC. The predicted molar refractivity (Wildman–Crippen MR) is 91.0 cm³/mol. The van der Waals surface area contributed by atoms with E-state index in [0.29, 0.717) is 16.8 Å². The number of esters is 1. The highest BCUT2D eigenvalue weighted by atomic mass is 35.5. The molecule has 0 fully saturated rings. The summed E-state index contributed by atoms with van der Waals surface area (Å²) in [6.07, 6.45) is 0. The molecule has 8 heteroatoms. The van der Waals surface area contributed by atoms with Crippen LogP contribution in [0.15, 0.2) is 23.0 Å². The van der Waals surface area contributed by atoms with Crippen LogP contribution < -0.4 is 15.0 Å². The van der Waals surface area contributed by atoms with Gasteiger partial charge in [-0.15, -0.1) is 0 Å². The summed E-state index contributed by atoms with van der Waals surface area (Å²) in [6, 6.07) is 6.67. The zero-order valence-electron chi connectivity index (χ0n) is 13.8. The van der Waals surface area contributed by atoms with Crippen molar-refractivity contribution in [2.75, 3.05) is 20.8 Å². The third-order valence-electron chi connectivity index (χ3n) is 3.38. The number of benzene rings is 1. The van der Waals surface area contributed by atoms with Crippen LogP contribution in [0.25, 0.3) is 11.1 Å². The molecule has 0 aliphatic rings. The van der Waals surface area contributed by atoms with E-state index in [4.69, 9.17) is 21.1 Å². The Labute approximate surface area is 148 Å². The van der Waals surface area contributed by atoms with Gasteiger partial charge < -0.3 is 19.2 Å². The summed E-state index contributed by atoms with van der Waals surface area (Å²) in [5.74, 6) is -0.147. The van der Waals surface area contributed by atoms with Gasteiger partial charge in [0.2, 0.25) is 0 Å². The Morgan fingerprint density at radius 1 is 1.32 bits per heavy atom. The summed E-state index contributed by atoms with van der Waals surface area (Å²) >= 11 is 6.24. The molecule has 2 aromatic rings. The molecule has 0 saturated heterocycles. The van der Waals surface area contributed by atoms with E-state index >= 15 is 0 Å². The predicted octanol–water partition coefficient (Wildman–Crippen LogP) is 2.44. The first kappa shape index (κ1) is 18.4. The number of hydrogen-bond donors (Lipinski definition) is 1. The number of rotatable bonds is 5. The van der Waals surface area contributed by atoms with E-state index in [0.717, 1.165) is 0 Å². The molecule has 1 aromatic carbocycles. The Balaban J connectivity index is 2.56. The minimum atomic E-state index is -0.570. The van der Waals surface area contributed by atoms with Crippen LogP contribution in [0.5, 0.6) is 11.5 Å². The van der Waals surface area contributed by atoms with E-state index in [2.05, 4.69) is 9.72 Å². The van der Waals surface area contributed by atoms with Crippen LogP contribution in [-0.4, -0.2) is 31.8 Å². The lowest BCUT2D eigenvalue weighted by Crippen LogP contribution is -2.14. The molecule has 0 amide bonds. The highest BCUT2D eigenvalue weighted by Crippen LogP contribution is 2.40. The van der Waals surface area contributed by atoms with E-state index < -0.39 is 11.5 Å². The first-order valence-corrected chi connectivity index (χ1v) is 7.50. The Kier molecular flexibility index (Phi) is 5.67. The number of halogens is 1. The molecule has 7 nitrogen and oxygen atoms in total. The van der Waals surface area contributed by atoms with Crippen molar-refractivity contribution in [3.63, 3.8) is 0 Å². The Morgan fingerprint density at radius 3 is 2.64 bits per heavy atom. The van der Waals surface area contributed by atoms with Crippen LogP contribution in [0.1, 0.15) is 11.3 Å². The van der Waals surface area contributed by atoms with Gasteiger partial charge in [-0.05, 0) is 30.7 Å². The zero-order valence-corrected chi connectivity index (χ0v) is 14.6. The number of methoxy groups -OCH3 is 2. The molecule has 0 spiro atoms. The van der Waals surface area contributed by atoms with Gasteiger partial charge in [0, 0.05) is 11.3 Å². The summed E-state index contributed by atoms with van der Waals surface area (Å²) in [4.78, 5) is 25.8. The average molecular weight is 363 g/mol. The fourth-order valence-corrected chi connectivity index (χ4v) is 2.50. The molecule has 0 aliphatic carbocycles. The Bertz CT molecular complexity index is 914. The van der Waals surface area contributed by atoms with Crippen molar-refractivity contribution in [2.45, 2.75) is 6.92 Å². The second kappa shape index (κ2) is 7.73. The number of carbonyl (C=O) groups excluding carboxylic acids is 1. The molecule has 0 atom stereocenters. The summed E-state index contributed by atoms with van der Waals surface area (Å²) < 4.78 is 15.1. The number of nitrogens with one attached hydrogen (secondary N) is 1. The number of H-pyrrole nitrogens is 1. The Hall–Kier alpha value is -2.98. The molecule has 0 aliphatic heterocycles. The number of pyridine rings is 1. The molecule has 1 aromatic heterocycles. The minimum Gasteiger partial charge on any atom is -0.493 e. The molecule has 25 heavy (non-hydrogen) atoms. The lowest BCUT2D eigenvalue weighted by molar-refractivity contribution is -0.142. The normalized spacial score (nSPS) is 10.0. The maximum atomic E-state index is 12.0. The van der Waals surface area contributed by atoms with Crippen molar-refractivity contribution in [2.24, 2.45) is 0 Å². The number of ether oxygens (including phenoxy) is 3.